The van der Waals surface area contributed by atoms with Gasteiger partial charge in [-0.15, -0.1) is 0 Å². The standard InChI is InChI=1S/C19H24N2O2/c1-14-6-4-5-7-17(14)18(21(2)3)19(23)20-12-15-8-10-16(13-22)11-9-15/h4-11,18,22H,12-13H2,1-3H3,(H,20,23)/t18-/m0/s1. The summed E-state index contributed by atoms with van der Waals surface area (Å²) < 4.78 is 0. The number of hydrogen-bond acceptors (Lipinski definition) is 3. The van der Waals surface area contributed by atoms with E-state index in [1.165, 1.54) is 0 Å². The molecule has 0 bridgehead atoms. The number of nitrogens with one attached hydrogen (secondary N) is 1. The SMILES string of the molecule is Cc1ccccc1[C@@H](C(=O)NCc1ccc(CO)cc1)N(C)C. The van der Waals surface area contributed by atoms with Crippen LogP contribution in [0.2, 0.25) is 0 Å². The van der Waals surface area contributed by atoms with Crippen molar-refractivity contribution in [2.24, 2.45) is 0 Å². The Balaban J connectivity index is 2.08. The Bertz CT molecular complexity index is 651. The number of benzene rings is 2. The van der Waals surface area contributed by atoms with Crippen LogP contribution in [0, 0.1) is 6.92 Å². The van der Waals surface area contributed by atoms with Gasteiger partial charge in [-0.05, 0) is 43.3 Å². The highest BCUT2D eigenvalue weighted by Crippen LogP contribution is 2.22. The molecule has 0 aliphatic carbocycles. The third kappa shape index (κ3) is 4.41. The summed E-state index contributed by atoms with van der Waals surface area (Å²) in [5, 5.41) is 12.1. The van der Waals surface area contributed by atoms with Crippen LogP contribution in [0.15, 0.2) is 48.5 Å². The van der Waals surface area contributed by atoms with Gasteiger partial charge in [0, 0.05) is 6.54 Å². The predicted molar refractivity (Wildman–Crippen MR) is 91.8 cm³/mol. The van der Waals surface area contributed by atoms with Crippen molar-refractivity contribution in [1.82, 2.24) is 10.2 Å². The molecule has 1 atom stereocenters. The Morgan fingerprint density at radius 3 is 2.26 bits per heavy atom. The van der Waals surface area contributed by atoms with E-state index < -0.39 is 0 Å². The molecular weight excluding hydrogens is 288 g/mol. The van der Waals surface area contributed by atoms with E-state index in [9.17, 15) is 4.79 Å². The smallest absolute Gasteiger partial charge is 0.242 e. The van der Waals surface area contributed by atoms with Gasteiger partial charge in [-0.3, -0.25) is 9.69 Å². The van der Waals surface area contributed by atoms with Crippen molar-refractivity contribution in [1.29, 1.82) is 0 Å². The lowest BCUT2D eigenvalue weighted by Crippen LogP contribution is -2.37. The molecule has 1 amide bonds. The zero-order valence-corrected chi connectivity index (χ0v) is 13.9. The van der Waals surface area contributed by atoms with Gasteiger partial charge < -0.3 is 10.4 Å². The van der Waals surface area contributed by atoms with Gasteiger partial charge >= 0.3 is 0 Å². The molecule has 4 nitrogen and oxygen atoms in total. The van der Waals surface area contributed by atoms with Gasteiger partial charge in [0.2, 0.25) is 5.91 Å². The molecule has 0 radical (unpaired) electrons. The number of likely N-dealkylation sites (N-methyl/N-ethyl adjacent to an activating group) is 1. The number of carbonyl (C=O) groups excluding carboxylic acids is 1. The van der Waals surface area contributed by atoms with Gasteiger partial charge in [0.05, 0.1) is 6.61 Å². The maximum atomic E-state index is 12.6. The molecule has 2 N–H and O–H groups in total. The van der Waals surface area contributed by atoms with Gasteiger partial charge in [-0.25, -0.2) is 0 Å². The number of nitrogens with zero attached hydrogens (tertiary/aromatic N) is 1. The summed E-state index contributed by atoms with van der Waals surface area (Å²) in [6, 6.07) is 15.2. The Morgan fingerprint density at radius 2 is 1.70 bits per heavy atom. The van der Waals surface area contributed by atoms with Crippen LogP contribution in [0.1, 0.15) is 28.3 Å². The molecule has 0 saturated carbocycles. The van der Waals surface area contributed by atoms with E-state index in [2.05, 4.69) is 5.32 Å². The quantitative estimate of drug-likeness (QED) is 0.861. The number of aliphatic hydroxyl groups excluding tert-OH is 1. The summed E-state index contributed by atoms with van der Waals surface area (Å²) >= 11 is 0. The summed E-state index contributed by atoms with van der Waals surface area (Å²) in [7, 11) is 3.82. The second-order valence-electron chi connectivity index (χ2n) is 5.92. The van der Waals surface area contributed by atoms with Crippen LogP contribution in [-0.4, -0.2) is 30.0 Å². The highest BCUT2D eigenvalue weighted by Gasteiger charge is 2.23. The van der Waals surface area contributed by atoms with Crippen molar-refractivity contribution in [3.8, 4) is 0 Å². The van der Waals surface area contributed by atoms with E-state index in [4.69, 9.17) is 5.11 Å². The highest BCUT2D eigenvalue weighted by molar-refractivity contribution is 5.83. The lowest BCUT2D eigenvalue weighted by atomic mass is 9.99. The maximum absolute atomic E-state index is 12.6. The molecule has 0 fully saturated rings. The average Bonchev–Trinajstić information content (AvgIpc) is 2.55. The number of aryl methyl sites for hydroxylation is 1. The van der Waals surface area contributed by atoms with E-state index in [1.807, 2.05) is 74.4 Å². The lowest BCUT2D eigenvalue weighted by Gasteiger charge is -2.25. The predicted octanol–water partition coefficient (Wildman–Crippen LogP) is 2.41. The molecule has 0 aliphatic rings. The number of amides is 1. The minimum Gasteiger partial charge on any atom is -0.392 e. The van der Waals surface area contributed by atoms with Crippen molar-refractivity contribution in [3.05, 3.63) is 70.8 Å². The summed E-state index contributed by atoms with van der Waals surface area (Å²) in [5.74, 6) is -0.0180. The third-order valence-corrected chi connectivity index (χ3v) is 3.92. The fraction of sp³-hybridized carbons (Fsp3) is 0.316. The summed E-state index contributed by atoms with van der Waals surface area (Å²) in [6.07, 6.45) is 0. The Morgan fingerprint density at radius 1 is 1.09 bits per heavy atom. The molecule has 0 unspecified atom stereocenters. The highest BCUT2D eigenvalue weighted by atomic mass is 16.3. The van der Waals surface area contributed by atoms with Gasteiger partial charge in [-0.1, -0.05) is 48.5 Å². The van der Waals surface area contributed by atoms with Crippen LogP contribution in [0.3, 0.4) is 0 Å². The van der Waals surface area contributed by atoms with Gasteiger partial charge in [0.1, 0.15) is 6.04 Å². The first-order valence-electron chi connectivity index (χ1n) is 7.71. The zero-order chi connectivity index (χ0) is 16.8. The summed E-state index contributed by atoms with van der Waals surface area (Å²) in [6.45, 7) is 2.52. The largest absolute Gasteiger partial charge is 0.392 e. The number of rotatable bonds is 6. The van der Waals surface area contributed by atoms with Crippen LogP contribution in [0.25, 0.3) is 0 Å². The molecule has 2 rings (SSSR count). The molecule has 0 aromatic heterocycles. The van der Waals surface area contributed by atoms with Crippen molar-refractivity contribution >= 4 is 5.91 Å². The topological polar surface area (TPSA) is 52.6 Å². The van der Waals surface area contributed by atoms with E-state index in [0.29, 0.717) is 6.54 Å². The van der Waals surface area contributed by atoms with Gasteiger partial charge in [-0.2, -0.15) is 0 Å². The van der Waals surface area contributed by atoms with Crippen molar-refractivity contribution in [3.63, 3.8) is 0 Å². The fourth-order valence-corrected chi connectivity index (χ4v) is 2.60. The Labute approximate surface area is 137 Å². The molecule has 4 heteroatoms. The van der Waals surface area contributed by atoms with Crippen LogP contribution >= 0.6 is 0 Å². The second kappa shape index (κ2) is 7.90. The second-order valence-corrected chi connectivity index (χ2v) is 5.92. The molecule has 0 heterocycles. The molecule has 23 heavy (non-hydrogen) atoms. The first-order chi connectivity index (χ1) is 11.0. The summed E-state index contributed by atoms with van der Waals surface area (Å²) in [5.41, 5.74) is 4.00. The van der Waals surface area contributed by atoms with Crippen LogP contribution in [0.5, 0.6) is 0 Å². The van der Waals surface area contributed by atoms with E-state index >= 15 is 0 Å². The van der Waals surface area contributed by atoms with Gasteiger partial charge in [0.25, 0.3) is 0 Å². The van der Waals surface area contributed by atoms with E-state index in [1.54, 1.807) is 0 Å². The minimum absolute atomic E-state index is 0.0180. The van der Waals surface area contributed by atoms with Gasteiger partial charge in [0.15, 0.2) is 0 Å². The maximum Gasteiger partial charge on any atom is 0.242 e. The van der Waals surface area contributed by atoms with Crippen LogP contribution in [-0.2, 0) is 17.9 Å². The molecule has 0 saturated heterocycles. The average molecular weight is 312 g/mol. The minimum atomic E-state index is -0.312. The first kappa shape index (κ1) is 17.2. The number of carbonyl (C=O) groups is 1. The lowest BCUT2D eigenvalue weighted by molar-refractivity contribution is -0.126. The Hall–Kier alpha value is -2.17. The Kier molecular flexibility index (Phi) is 5.90. The number of hydrogen-bond donors (Lipinski definition) is 2. The molecular formula is C19H24N2O2. The van der Waals surface area contributed by atoms with Crippen molar-refractivity contribution in [2.45, 2.75) is 26.1 Å². The number of aliphatic hydroxyl groups is 1. The molecule has 0 aliphatic heterocycles. The molecule has 2 aromatic carbocycles. The molecule has 0 spiro atoms. The third-order valence-electron chi connectivity index (χ3n) is 3.92. The van der Waals surface area contributed by atoms with E-state index in [-0.39, 0.29) is 18.6 Å². The summed E-state index contributed by atoms with van der Waals surface area (Å²) in [4.78, 5) is 14.6. The van der Waals surface area contributed by atoms with E-state index in [0.717, 1.165) is 22.3 Å². The van der Waals surface area contributed by atoms with Crippen LogP contribution < -0.4 is 5.32 Å². The van der Waals surface area contributed by atoms with Crippen molar-refractivity contribution in [2.75, 3.05) is 14.1 Å². The normalized spacial score (nSPS) is 12.2. The molecule has 2 aromatic rings. The monoisotopic (exact) mass is 312 g/mol. The van der Waals surface area contributed by atoms with Crippen LogP contribution in [0.4, 0.5) is 0 Å². The molecule has 122 valence electrons. The van der Waals surface area contributed by atoms with Crippen molar-refractivity contribution < 1.29 is 9.90 Å². The zero-order valence-electron chi connectivity index (χ0n) is 13.9. The first-order valence-corrected chi connectivity index (χ1v) is 7.71. The fourth-order valence-electron chi connectivity index (χ4n) is 2.60.